The molecule has 8 heavy (non-hydrogen) atoms. The van der Waals surface area contributed by atoms with Crippen molar-refractivity contribution in [3.8, 4) is 0 Å². The van der Waals surface area contributed by atoms with E-state index in [1.54, 1.807) is 0 Å². The van der Waals surface area contributed by atoms with Crippen molar-refractivity contribution in [1.82, 2.24) is 0 Å². The molecule has 37 valence electrons. The molecule has 0 aliphatic carbocycles. The third-order valence-corrected chi connectivity index (χ3v) is 2.23. The molecule has 0 bridgehead atoms. The van der Waals surface area contributed by atoms with E-state index < -0.39 is 0 Å². The first-order valence-corrected chi connectivity index (χ1v) is 3.38. The van der Waals surface area contributed by atoms with Gasteiger partial charge in [0.25, 0.3) is 0 Å². The standard InChI is InChI=1S/C6H8P.Li/c1-5-3-7-4-6(5)2;/h3-4H,1-2H3;/q;+1. The maximum Gasteiger partial charge on any atom is 1.00 e. The fraction of sp³-hybridized carbons (Fsp3) is 0.333. The van der Waals surface area contributed by atoms with E-state index in [9.17, 15) is 0 Å². The van der Waals surface area contributed by atoms with Crippen LogP contribution >= 0.6 is 8.58 Å². The monoisotopic (exact) mass is 118 g/mol. The summed E-state index contributed by atoms with van der Waals surface area (Å²) in [6.45, 7) is 4.29. The van der Waals surface area contributed by atoms with Crippen LogP contribution < -0.4 is 18.9 Å². The van der Waals surface area contributed by atoms with Gasteiger partial charge >= 0.3 is 18.9 Å². The van der Waals surface area contributed by atoms with Crippen LogP contribution in [0.4, 0.5) is 0 Å². The van der Waals surface area contributed by atoms with E-state index in [-0.39, 0.29) is 18.9 Å². The fourth-order valence-electron chi connectivity index (χ4n) is 0.465. The van der Waals surface area contributed by atoms with Crippen molar-refractivity contribution >= 4 is 8.58 Å². The summed E-state index contributed by atoms with van der Waals surface area (Å²) in [6, 6.07) is 0. The van der Waals surface area contributed by atoms with E-state index >= 15 is 0 Å². The van der Waals surface area contributed by atoms with Crippen LogP contribution in [0, 0.1) is 24.2 Å². The van der Waals surface area contributed by atoms with Crippen LogP contribution in [0.2, 0.25) is 0 Å². The normalized spacial score (nSPS) is 23.2. The zero-order valence-corrected chi connectivity index (χ0v) is 6.50. The zero-order valence-electron chi connectivity index (χ0n) is 5.60. The molecule has 2 heteroatoms. The molecule has 0 aromatic carbocycles. The summed E-state index contributed by atoms with van der Waals surface area (Å²) < 4.78 is 0. The van der Waals surface area contributed by atoms with E-state index in [2.05, 4.69) is 26.2 Å². The number of hydrogen-bond donors (Lipinski definition) is 0. The summed E-state index contributed by atoms with van der Waals surface area (Å²) in [5, 5.41) is 0. The molecule has 1 heterocycles. The minimum Gasteiger partial charge on any atom is -0.0715 e. The third-order valence-electron chi connectivity index (χ3n) is 1.16. The van der Waals surface area contributed by atoms with Crippen molar-refractivity contribution in [3.63, 3.8) is 0 Å². The van der Waals surface area contributed by atoms with Crippen LogP contribution in [-0.2, 0) is 0 Å². The van der Waals surface area contributed by atoms with E-state index in [0.29, 0.717) is 0 Å². The van der Waals surface area contributed by atoms with Gasteiger partial charge in [-0.25, -0.2) is 0 Å². The van der Waals surface area contributed by atoms with Crippen molar-refractivity contribution in [2.45, 2.75) is 13.8 Å². The average Bonchev–Trinajstić information content (AvgIpc) is 1.91. The Bertz CT molecular complexity index is 57.5. The molecule has 0 spiro atoms. The minimum absolute atomic E-state index is 0. The third kappa shape index (κ3) is 2.10. The van der Waals surface area contributed by atoms with Crippen LogP contribution in [0.5, 0.6) is 0 Å². The quantitative estimate of drug-likeness (QED) is 0.296. The predicted molar refractivity (Wildman–Crippen MR) is 33.4 cm³/mol. The molecule has 1 aliphatic heterocycles. The van der Waals surface area contributed by atoms with Gasteiger partial charge in [0, 0.05) is 0 Å². The average molecular weight is 118 g/mol. The summed E-state index contributed by atoms with van der Waals surface area (Å²) in [7, 11) is 1.36. The molecule has 5 radical (unpaired) electrons. The summed E-state index contributed by atoms with van der Waals surface area (Å²) in [6.07, 6.45) is 4.44. The van der Waals surface area contributed by atoms with Gasteiger partial charge in [-0.2, -0.15) is 0 Å². The van der Waals surface area contributed by atoms with Crippen LogP contribution in [0.25, 0.3) is 0 Å². The van der Waals surface area contributed by atoms with E-state index in [0.717, 1.165) is 0 Å². The van der Waals surface area contributed by atoms with Crippen molar-refractivity contribution in [2.24, 2.45) is 0 Å². The summed E-state index contributed by atoms with van der Waals surface area (Å²) >= 11 is 0. The second-order valence-corrected chi connectivity index (χ2v) is 2.59. The first kappa shape index (κ1) is 9.03. The van der Waals surface area contributed by atoms with Gasteiger partial charge in [0.05, 0.1) is 0 Å². The van der Waals surface area contributed by atoms with Crippen LogP contribution in [0.15, 0.2) is 0 Å². The molecule has 0 amide bonds. The Kier molecular flexibility index (Phi) is 4.45. The molecule has 1 aliphatic rings. The zero-order chi connectivity index (χ0) is 5.28. The molecule has 0 aromatic rings. The molecular formula is C6H8LiP+. The molecular weight excluding hydrogens is 110 g/mol. The number of hydrogen-bond acceptors (Lipinski definition) is 0. The first-order valence-electron chi connectivity index (χ1n) is 2.34. The molecule has 1 rings (SSSR count). The Morgan fingerprint density at radius 2 is 1.50 bits per heavy atom. The van der Waals surface area contributed by atoms with Crippen LogP contribution in [-0.4, -0.2) is 0 Å². The van der Waals surface area contributed by atoms with E-state index in [1.165, 1.54) is 20.4 Å². The van der Waals surface area contributed by atoms with Gasteiger partial charge in [-0.05, 0) is 24.2 Å². The molecule has 0 N–H and O–H groups in total. The Balaban J connectivity index is 0.000000490. The van der Waals surface area contributed by atoms with Crippen molar-refractivity contribution in [1.29, 1.82) is 0 Å². The van der Waals surface area contributed by atoms with Gasteiger partial charge in [0.1, 0.15) is 0 Å². The summed E-state index contributed by atoms with van der Waals surface area (Å²) in [4.78, 5) is 0. The molecule has 1 saturated heterocycles. The van der Waals surface area contributed by atoms with Crippen molar-refractivity contribution in [2.75, 3.05) is 0 Å². The van der Waals surface area contributed by atoms with Gasteiger partial charge in [-0.1, -0.05) is 22.4 Å². The van der Waals surface area contributed by atoms with Gasteiger partial charge < -0.3 is 0 Å². The second-order valence-electron chi connectivity index (χ2n) is 1.77. The molecule has 0 aromatic heterocycles. The van der Waals surface area contributed by atoms with Gasteiger partial charge in [0.15, 0.2) is 0 Å². The fourth-order valence-corrected chi connectivity index (χ4v) is 1.39. The maximum absolute atomic E-state index is 2.22. The summed E-state index contributed by atoms with van der Waals surface area (Å²) in [5.41, 5.74) is 0. The Labute approximate surface area is 65.8 Å². The van der Waals surface area contributed by atoms with Crippen molar-refractivity contribution in [3.05, 3.63) is 24.2 Å². The minimum atomic E-state index is 0. The van der Waals surface area contributed by atoms with Crippen LogP contribution in [0.1, 0.15) is 13.8 Å². The largest absolute Gasteiger partial charge is 1.00 e. The molecule has 0 saturated carbocycles. The molecule has 0 unspecified atom stereocenters. The van der Waals surface area contributed by atoms with Gasteiger partial charge in [-0.15, -0.1) is 0 Å². The van der Waals surface area contributed by atoms with E-state index in [1.807, 2.05) is 0 Å². The van der Waals surface area contributed by atoms with Gasteiger partial charge in [0.2, 0.25) is 0 Å². The Morgan fingerprint density at radius 1 is 1.12 bits per heavy atom. The number of rotatable bonds is 0. The smallest absolute Gasteiger partial charge is 0.0715 e. The maximum atomic E-state index is 2.22. The molecule has 0 nitrogen and oxygen atoms in total. The van der Waals surface area contributed by atoms with E-state index in [4.69, 9.17) is 0 Å². The van der Waals surface area contributed by atoms with Crippen LogP contribution in [0.3, 0.4) is 0 Å². The first-order chi connectivity index (χ1) is 3.30. The SMILES string of the molecule is C[C]1[CH][P][CH][C]1C.[Li+]. The van der Waals surface area contributed by atoms with Crippen molar-refractivity contribution < 1.29 is 18.9 Å². The Morgan fingerprint density at radius 3 is 1.62 bits per heavy atom. The van der Waals surface area contributed by atoms with Gasteiger partial charge in [-0.3, -0.25) is 0 Å². The second kappa shape index (κ2) is 3.94. The summed E-state index contributed by atoms with van der Waals surface area (Å²) in [5.74, 6) is 2.86. The predicted octanol–water partition coefficient (Wildman–Crippen LogP) is -0.537. The Hall–Kier alpha value is 1.03. The topological polar surface area (TPSA) is 0 Å². The molecule has 0 atom stereocenters. The molecule has 1 fully saturated rings.